The molecule has 1 aliphatic carbocycles. The third kappa shape index (κ3) is 4.93. The zero-order valence-corrected chi connectivity index (χ0v) is 15.3. The van der Waals surface area contributed by atoms with Gasteiger partial charge in [0.1, 0.15) is 0 Å². The van der Waals surface area contributed by atoms with Crippen LogP contribution in [0.5, 0.6) is 0 Å². The minimum absolute atomic E-state index is 0.0741. The molecule has 1 saturated carbocycles. The topological polar surface area (TPSA) is 78.9 Å². The van der Waals surface area contributed by atoms with Gasteiger partial charge >= 0.3 is 5.97 Å². The highest BCUT2D eigenvalue weighted by Crippen LogP contribution is 2.25. The lowest BCUT2D eigenvalue weighted by Gasteiger charge is -2.41. The van der Waals surface area contributed by atoms with Gasteiger partial charge < -0.3 is 15.2 Å². The Morgan fingerprint density at radius 1 is 1.08 bits per heavy atom. The van der Waals surface area contributed by atoms with Gasteiger partial charge in [0.05, 0.1) is 24.2 Å². The maximum atomic E-state index is 12.9. The lowest BCUT2D eigenvalue weighted by atomic mass is 9.86. The molecule has 2 N–H and O–H groups in total. The number of carbonyl (C=O) groups excluding carboxylic acids is 1. The second kappa shape index (κ2) is 8.30. The van der Waals surface area contributed by atoms with Gasteiger partial charge in [0.25, 0.3) is 0 Å². The van der Waals surface area contributed by atoms with Crippen molar-refractivity contribution >= 4 is 11.9 Å². The van der Waals surface area contributed by atoms with E-state index in [0.717, 1.165) is 25.9 Å². The fraction of sp³-hybridized carbons (Fsp3) is 0.889. The number of nitrogens with zero attached hydrogens (tertiary/aromatic N) is 1. The van der Waals surface area contributed by atoms with Crippen LogP contribution in [0.25, 0.3) is 0 Å². The van der Waals surface area contributed by atoms with Crippen LogP contribution in [0.4, 0.5) is 0 Å². The Morgan fingerprint density at radius 3 is 2.08 bits per heavy atom. The average molecular weight is 340 g/mol. The summed E-state index contributed by atoms with van der Waals surface area (Å²) >= 11 is 0. The standard InChI is InChI=1S/C18H32N2O4/c1-11(2)16(20-9-12(3)24-13(4)10-20)17(21)19-15-7-5-14(6-8-15)18(22)23/h11-16H,5-10H2,1-4H3,(H,19,21)(H,22,23)/t12-,13-,14?,15?,16-/m1/s1. The summed E-state index contributed by atoms with van der Waals surface area (Å²) in [5.41, 5.74) is 0. The number of hydrogen-bond donors (Lipinski definition) is 2. The number of carboxylic acids is 1. The Kier molecular flexibility index (Phi) is 6.63. The van der Waals surface area contributed by atoms with E-state index in [4.69, 9.17) is 9.84 Å². The van der Waals surface area contributed by atoms with Crippen molar-refractivity contribution in [3.8, 4) is 0 Å². The van der Waals surface area contributed by atoms with E-state index in [-0.39, 0.29) is 42.0 Å². The molecule has 0 aromatic rings. The van der Waals surface area contributed by atoms with Crippen LogP contribution in [-0.2, 0) is 14.3 Å². The van der Waals surface area contributed by atoms with Crippen LogP contribution in [0, 0.1) is 11.8 Å². The molecule has 1 heterocycles. The molecule has 0 aromatic carbocycles. The normalized spacial score (nSPS) is 33.2. The van der Waals surface area contributed by atoms with Crippen LogP contribution in [0.15, 0.2) is 0 Å². The first-order valence-electron chi connectivity index (χ1n) is 9.20. The van der Waals surface area contributed by atoms with Crippen LogP contribution in [-0.4, -0.2) is 59.3 Å². The van der Waals surface area contributed by atoms with Crippen molar-refractivity contribution in [3.63, 3.8) is 0 Å². The number of carbonyl (C=O) groups is 2. The molecule has 1 amide bonds. The van der Waals surface area contributed by atoms with E-state index in [9.17, 15) is 9.59 Å². The third-order valence-electron chi connectivity index (χ3n) is 5.16. The number of amides is 1. The van der Waals surface area contributed by atoms with Crippen molar-refractivity contribution in [2.45, 2.75) is 77.7 Å². The molecule has 6 heteroatoms. The quantitative estimate of drug-likeness (QED) is 0.799. The Hall–Kier alpha value is -1.14. The first-order chi connectivity index (χ1) is 11.3. The van der Waals surface area contributed by atoms with Gasteiger partial charge in [0.2, 0.25) is 5.91 Å². The minimum atomic E-state index is -0.712. The smallest absolute Gasteiger partial charge is 0.306 e. The van der Waals surface area contributed by atoms with Crippen molar-refractivity contribution in [3.05, 3.63) is 0 Å². The fourth-order valence-corrected chi connectivity index (χ4v) is 4.11. The molecule has 2 fully saturated rings. The highest BCUT2D eigenvalue weighted by atomic mass is 16.5. The lowest BCUT2D eigenvalue weighted by molar-refractivity contribution is -0.142. The second-order valence-corrected chi connectivity index (χ2v) is 7.80. The van der Waals surface area contributed by atoms with Crippen molar-refractivity contribution in [2.24, 2.45) is 11.8 Å². The van der Waals surface area contributed by atoms with E-state index in [1.54, 1.807) is 0 Å². The van der Waals surface area contributed by atoms with Crippen LogP contribution < -0.4 is 5.32 Å². The minimum Gasteiger partial charge on any atom is -0.481 e. The molecule has 2 rings (SSSR count). The van der Waals surface area contributed by atoms with E-state index in [1.165, 1.54) is 0 Å². The zero-order chi connectivity index (χ0) is 17.9. The highest BCUT2D eigenvalue weighted by Gasteiger charge is 2.35. The average Bonchev–Trinajstić information content (AvgIpc) is 2.46. The van der Waals surface area contributed by atoms with Crippen molar-refractivity contribution in [1.82, 2.24) is 10.2 Å². The lowest BCUT2D eigenvalue weighted by Crippen LogP contribution is -2.58. The third-order valence-corrected chi connectivity index (χ3v) is 5.16. The largest absolute Gasteiger partial charge is 0.481 e. The molecule has 3 atom stereocenters. The number of carboxylic acid groups (broad SMARTS) is 1. The Labute approximate surface area is 144 Å². The molecule has 24 heavy (non-hydrogen) atoms. The highest BCUT2D eigenvalue weighted by molar-refractivity contribution is 5.82. The molecule has 1 saturated heterocycles. The number of rotatable bonds is 5. The molecule has 0 radical (unpaired) electrons. The van der Waals surface area contributed by atoms with Gasteiger partial charge in [0, 0.05) is 19.1 Å². The maximum absolute atomic E-state index is 12.9. The molecule has 6 nitrogen and oxygen atoms in total. The SMILES string of the molecule is CC(C)[C@H](C(=O)NC1CCC(C(=O)O)CC1)N1C[C@@H](C)O[C@H](C)C1. The zero-order valence-electron chi connectivity index (χ0n) is 15.3. The van der Waals surface area contributed by atoms with Gasteiger partial charge in [-0.3, -0.25) is 14.5 Å². The number of ether oxygens (including phenoxy) is 1. The van der Waals surface area contributed by atoms with Crippen LogP contribution in [0.2, 0.25) is 0 Å². The van der Waals surface area contributed by atoms with Crippen molar-refractivity contribution < 1.29 is 19.4 Å². The molecule has 0 spiro atoms. The predicted octanol–water partition coefficient (Wildman–Crippen LogP) is 1.88. The summed E-state index contributed by atoms with van der Waals surface area (Å²) in [6.07, 6.45) is 3.08. The monoisotopic (exact) mass is 340 g/mol. The molecule has 0 bridgehead atoms. The Balaban J connectivity index is 1.93. The number of morpholine rings is 1. The van der Waals surface area contributed by atoms with Gasteiger partial charge in [-0.15, -0.1) is 0 Å². The van der Waals surface area contributed by atoms with Gasteiger partial charge in [-0.1, -0.05) is 13.8 Å². The second-order valence-electron chi connectivity index (χ2n) is 7.80. The summed E-state index contributed by atoms with van der Waals surface area (Å²) in [5, 5.41) is 12.3. The molecule has 1 aliphatic heterocycles. The van der Waals surface area contributed by atoms with E-state index in [0.29, 0.717) is 12.8 Å². The maximum Gasteiger partial charge on any atom is 0.306 e. The van der Waals surface area contributed by atoms with Gasteiger partial charge in [0.15, 0.2) is 0 Å². The summed E-state index contributed by atoms with van der Waals surface area (Å²) in [7, 11) is 0. The van der Waals surface area contributed by atoms with Crippen LogP contribution in [0.1, 0.15) is 53.4 Å². The van der Waals surface area contributed by atoms with Gasteiger partial charge in [-0.2, -0.15) is 0 Å². The molecule has 0 unspecified atom stereocenters. The summed E-state index contributed by atoms with van der Waals surface area (Å²) < 4.78 is 5.78. The Bertz CT molecular complexity index is 436. The molecular weight excluding hydrogens is 308 g/mol. The van der Waals surface area contributed by atoms with Crippen molar-refractivity contribution in [2.75, 3.05) is 13.1 Å². The summed E-state index contributed by atoms with van der Waals surface area (Å²) in [4.78, 5) is 26.2. The van der Waals surface area contributed by atoms with E-state index in [1.807, 2.05) is 13.8 Å². The van der Waals surface area contributed by atoms with Gasteiger partial charge in [-0.25, -0.2) is 0 Å². The summed E-state index contributed by atoms with van der Waals surface area (Å²) in [5.74, 6) is -0.668. The van der Waals surface area contributed by atoms with Crippen LogP contribution >= 0.6 is 0 Å². The predicted molar refractivity (Wildman–Crippen MR) is 91.7 cm³/mol. The Morgan fingerprint density at radius 2 is 1.62 bits per heavy atom. The first-order valence-corrected chi connectivity index (χ1v) is 9.20. The molecule has 2 aliphatic rings. The van der Waals surface area contributed by atoms with E-state index >= 15 is 0 Å². The number of aliphatic carboxylic acids is 1. The van der Waals surface area contributed by atoms with Gasteiger partial charge in [-0.05, 0) is 45.4 Å². The van der Waals surface area contributed by atoms with Crippen LogP contribution in [0.3, 0.4) is 0 Å². The summed E-state index contributed by atoms with van der Waals surface area (Å²) in [6.45, 7) is 9.79. The molecule has 0 aromatic heterocycles. The fourth-order valence-electron chi connectivity index (χ4n) is 4.11. The van der Waals surface area contributed by atoms with E-state index in [2.05, 4.69) is 24.1 Å². The molecular formula is C18H32N2O4. The first kappa shape index (κ1) is 19.2. The number of hydrogen-bond acceptors (Lipinski definition) is 4. The molecule has 138 valence electrons. The van der Waals surface area contributed by atoms with Crippen molar-refractivity contribution in [1.29, 1.82) is 0 Å². The van der Waals surface area contributed by atoms with E-state index < -0.39 is 5.97 Å². The number of nitrogens with one attached hydrogen (secondary N) is 1. The summed E-state index contributed by atoms with van der Waals surface area (Å²) in [6, 6.07) is -0.0544.